The van der Waals surface area contributed by atoms with Crippen molar-refractivity contribution < 1.29 is 9.59 Å². The van der Waals surface area contributed by atoms with Gasteiger partial charge < -0.3 is 15.5 Å². The molecule has 1 aliphatic rings. The smallest absolute Gasteiger partial charge is 0.315 e. The van der Waals surface area contributed by atoms with E-state index < -0.39 is 0 Å². The molecule has 2 rings (SSSR count). The van der Waals surface area contributed by atoms with Gasteiger partial charge in [-0.05, 0) is 31.4 Å². The van der Waals surface area contributed by atoms with Crippen molar-refractivity contribution in [1.29, 1.82) is 0 Å². The van der Waals surface area contributed by atoms with Crippen molar-refractivity contribution in [1.82, 2.24) is 15.5 Å². The molecule has 2 N–H and O–H groups in total. The lowest BCUT2D eigenvalue weighted by Gasteiger charge is -2.26. The summed E-state index contributed by atoms with van der Waals surface area (Å²) in [6, 6.07) is 9.78. The Morgan fingerprint density at radius 2 is 1.77 bits per heavy atom. The Labute approximate surface area is 135 Å². The Hall–Kier alpha value is -1.69. The van der Waals surface area contributed by atoms with Crippen molar-refractivity contribution in [3.8, 4) is 0 Å². The van der Waals surface area contributed by atoms with Crippen molar-refractivity contribution in [3.63, 3.8) is 0 Å². The Balaban J connectivity index is 1.55. The lowest BCUT2D eigenvalue weighted by Crippen LogP contribution is -2.45. The predicted octanol–water partition coefficient (Wildman–Crippen LogP) is 2.09. The van der Waals surface area contributed by atoms with Gasteiger partial charge >= 0.3 is 6.03 Å². The highest BCUT2D eigenvalue weighted by atomic mass is 32.2. The summed E-state index contributed by atoms with van der Waals surface area (Å²) in [5.41, 5.74) is 0. The van der Waals surface area contributed by atoms with Gasteiger partial charge in [-0.25, -0.2) is 4.79 Å². The summed E-state index contributed by atoms with van der Waals surface area (Å²) in [5, 5.41) is 5.40. The summed E-state index contributed by atoms with van der Waals surface area (Å²) in [5.74, 6) is 0.811. The minimum absolute atomic E-state index is 0.00788. The molecule has 1 fully saturated rings. The van der Waals surface area contributed by atoms with Gasteiger partial charge in [-0.15, -0.1) is 11.8 Å². The van der Waals surface area contributed by atoms with Gasteiger partial charge in [0, 0.05) is 30.3 Å². The Bertz CT molecular complexity index is 476. The first-order chi connectivity index (χ1) is 10.8. The summed E-state index contributed by atoms with van der Waals surface area (Å²) >= 11 is 1.69. The fourth-order valence-electron chi connectivity index (χ4n) is 2.32. The number of carbonyl (C=O) groups excluding carboxylic acids is 2. The molecule has 0 bridgehead atoms. The third-order valence-corrected chi connectivity index (χ3v) is 4.52. The molecule has 1 aromatic carbocycles. The van der Waals surface area contributed by atoms with Crippen LogP contribution in [0.5, 0.6) is 0 Å². The van der Waals surface area contributed by atoms with Crippen molar-refractivity contribution in [2.75, 3.05) is 31.9 Å². The number of hydrogen-bond acceptors (Lipinski definition) is 3. The zero-order valence-corrected chi connectivity index (χ0v) is 13.5. The van der Waals surface area contributed by atoms with Crippen LogP contribution >= 0.6 is 11.8 Å². The van der Waals surface area contributed by atoms with Gasteiger partial charge in [0.1, 0.15) is 0 Å². The second kappa shape index (κ2) is 9.35. The maximum Gasteiger partial charge on any atom is 0.315 e. The van der Waals surface area contributed by atoms with Gasteiger partial charge in [-0.3, -0.25) is 4.79 Å². The highest BCUT2D eigenvalue weighted by Crippen LogP contribution is 2.15. The molecule has 120 valence electrons. The van der Waals surface area contributed by atoms with Gasteiger partial charge in [0.2, 0.25) is 5.91 Å². The molecular weight excluding hydrogens is 298 g/mol. The number of hydrogen-bond donors (Lipinski definition) is 2. The van der Waals surface area contributed by atoms with Crippen LogP contribution in [0.25, 0.3) is 0 Å². The Morgan fingerprint density at radius 1 is 1.05 bits per heavy atom. The standard InChI is InChI=1S/C16H23N3O2S/c20-15(19-10-5-2-6-11-19)13-18-16(21)17-9-12-22-14-7-3-1-4-8-14/h1,3-4,7-8H,2,5-6,9-13H2,(H2,17,18,21). The third kappa shape index (κ3) is 5.97. The number of likely N-dealkylation sites (tertiary alicyclic amines) is 1. The van der Waals surface area contributed by atoms with E-state index in [1.165, 1.54) is 11.3 Å². The summed E-state index contributed by atoms with van der Waals surface area (Å²) in [6.07, 6.45) is 3.32. The molecule has 1 aliphatic heterocycles. The van der Waals surface area contributed by atoms with Crippen molar-refractivity contribution >= 4 is 23.7 Å². The molecule has 0 spiro atoms. The van der Waals surface area contributed by atoms with E-state index in [0.717, 1.165) is 31.7 Å². The molecule has 5 nitrogen and oxygen atoms in total. The van der Waals surface area contributed by atoms with E-state index in [9.17, 15) is 9.59 Å². The van der Waals surface area contributed by atoms with E-state index in [1.54, 1.807) is 11.8 Å². The van der Waals surface area contributed by atoms with Gasteiger partial charge in [0.15, 0.2) is 0 Å². The average Bonchev–Trinajstić information content (AvgIpc) is 2.58. The van der Waals surface area contributed by atoms with E-state index in [-0.39, 0.29) is 18.5 Å². The zero-order valence-electron chi connectivity index (χ0n) is 12.7. The summed E-state index contributed by atoms with van der Waals surface area (Å²) in [4.78, 5) is 26.5. The topological polar surface area (TPSA) is 61.4 Å². The normalized spacial score (nSPS) is 14.5. The first kappa shape index (κ1) is 16.7. The number of piperidine rings is 1. The second-order valence-electron chi connectivity index (χ2n) is 5.21. The van der Waals surface area contributed by atoms with Crippen LogP contribution in [0.3, 0.4) is 0 Å². The average molecular weight is 321 g/mol. The van der Waals surface area contributed by atoms with Crippen molar-refractivity contribution in [2.24, 2.45) is 0 Å². The maximum absolute atomic E-state index is 11.9. The van der Waals surface area contributed by atoms with E-state index in [4.69, 9.17) is 0 Å². The quantitative estimate of drug-likeness (QED) is 0.623. The highest BCUT2D eigenvalue weighted by Gasteiger charge is 2.16. The molecule has 6 heteroatoms. The molecule has 3 amide bonds. The first-order valence-corrected chi connectivity index (χ1v) is 8.71. The lowest BCUT2D eigenvalue weighted by molar-refractivity contribution is -0.130. The van der Waals surface area contributed by atoms with Gasteiger partial charge in [-0.2, -0.15) is 0 Å². The van der Waals surface area contributed by atoms with Crippen molar-refractivity contribution in [3.05, 3.63) is 30.3 Å². The van der Waals surface area contributed by atoms with Crippen LogP contribution in [0.15, 0.2) is 35.2 Å². The molecule has 0 aromatic heterocycles. The molecule has 1 heterocycles. The summed E-state index contributed by atoms with van der Waals surface area (Å²) < 4.78 is 0. The molecule has 1 saturated heterocycles. The minimum Gasteiger partial charge on any atom is -0.341 e. The monoisotopic (exact) mass is 321 g/mol. The fourth-order valence-corrected chi connectivity index (χ4v) is 3.11. The number of carbonyl (C=O) groups is 2. The van der Waals surface area contributed by atoms with Gasteiger partial charge in [0.05, 0.1) is 6.54 Å². The number of nitrogens with zero attached hydrogens (tertiary/aromatic N) is 1. The maximum atomic E-state index is 11.9. The molecule has 0 radical (unpaired) electrons. The number of amides is 3. The fraction of sp³-hybridized carbons (Fsp3) is 0.500. The Morgan fingerprint density at radius 3 is 2.50 bits per heavy atom. The Kier molecular flexibility index (Phi) is 7.09. The summed E-state index contributed by atoms with van der Waals surface area (Å²) in [7, 11) is 0. The van der Waals surface area contributed by atoms with Gasteiger partial charge in [0.25, 0.3) is 0 Å². The number of thioether (sulfide) groups is 1. The van der Waals surface area contributed by atoms with E-state index in [0.29, 0.717) is 6.54 Å². The molecule has 1 aromatic rings. The van der Waals surface area contributed by atoms with E-state index in [1.807, 2.05) is 35.2 Å². The highest BCUT2D eigenvalue weighted by molar-refractivity contribution is 7.99. The lowest BCUT2D eigenvalue weighted by atomic mass is 10.1. The van der Waals surface area contributed by atoms with Crippen LogP contribution in [0.1, 0.15) is 19.3 Å². The van der Waals surface area contributed by atoms with E-state index >= 15 is 0 Å². The second-order valence-corrected chi connectivity index (χ2v) is 6.38. The van der Waals surface area contributed by atoms with Crippen LogP contribution in [-0.2, 0) is 4.79 Å². The van der Waals surface area contributed by atoms with Crippen LogP contribution in [0.4, 0.5) is 4.79 Å². The zero-order chi connectivity index (χ0) is 15.6. The minimum atomic E-state index is -0.279. The molecule has 0 saturated carbocycles. The number of urea groups is 1. The number of nitrogens with one attached hydrogen (secondary N) is 2. The largest absolute Gasteiger partial charge is 0.341 e. The molecule has 0 atom stereocenters. The molecule has 0 aliphatic carbocycles. The van der Waals surface area contributed by atoms with Crippen LogP contribution in [0.2, 0.25) is 0 Å². The predicted molar refractivity (Wildman–Crippen MR) is 89.0 cm³/mol. The third-order valence-electron chi connectivity index (χ3n) is 3.51. The van der Waals surface area contributed by atoms with Gasteiger partial charge in [-0.1, -0.05) is 18.2 Å². The van der Waals surface area contributed by atoms with Crippen LogP contribution < -0.4 is 10.6 Å². The molecular formula is C16H23N3O2S. The van der Waals surface area contributed by atoms with Crippen molar-refractivity contribution in [2.45, 2.75) is 24.2 Å². The molecule has 0 unspecified atom stereocenters. The summed E-state index contributed by atoms with van der Waals surface area (Å²) in [6.45, 7) is 2.28. The molecule has 22 heavy (non-hydrogen) atoms. The first-order valence-electron chi connectivity index (χ1n) is 7.73. The SMILES string of the molecule is O=C(NCCSc1ccccc1)NCC(=O)N1CCCCC1. The number of benzene rings is 1. The van der Waals surface area contributed by atoms with Crippen LogP contribution in [0, 0.1) is 0 Å². The van der Waals surface area contributed by atoms with E-state index in [2.05, 4.69) is 10.6 Å². The number of rotatable bonds is 6. The van der Waals surface area contributed by atoms with Crippen LogP contribution in [-0.4, -0.2) is 48.8 Å².